The summed E-state index contributed by atoms with van der Waals surface area (Å²) in [5.74, 6) is -2.80. The van der Waals surface area contributed by atoms with E-state index >= 15 is 0 Å². The molecule has 1 aromatic carbocycles. The van der Waals surface area contributed by atoms with Gasteiger partial charge in [-0.3, -0.25) is 0 Å². The number of carbonyl (C=O) groups excluding carboxylic acids is 1. The molecule has 0 aliphatic rings. The van der Waals surface area contributed by atoms with Crippen molar-refractivity contribution in [2.75, 3.05) is 0 Å². The van der Waals surface area contributed by atoms with Gasteiger partial charge in [-0.2, -0.15) is 13.2 Å². The number of carbonyl (C=O) groups is 1. The molecule has 0 aliphatic carbocycles. The van der Waals surface area contributed by atoms with Gasteiger partial charge < -0.3 is 4.74 Å². The van der Waals surface area contributed by atoms with Gasteiger partial charge in [-0.1, -0.05) is 18.2 Å². The first-order valence-electron chi connectivity index (χ1n) is 4.48. The summed E-state index contributed by atoms with van der Waals surface area (Å²) in [5, 5.41) is 7.52. The second-order valence-corrected chi connectivity index (χ2v) is 3.13. The summed E-state index contributed by atoms with van der Waals surface area (Å²) >= 11 is 0. The van der Waals surface area contributed by atoms with E-state index in [9.17, 15) is 18.0 Å². The minimum atomic E-state index is -5.05. The highest BCUT2D eigenvalue weighted by atomic mass is 19.4. The molecule has 0 unspecified atom stereocenters. The van der Waals surface area contributed by atoms with Crippen LogP contribution in [0.2, 0.25) is 0 Å². The van der Waals surface area contributed by atoms with Gasteiger partial charge in [0.15, 0.2) is 0 Å². The Bertz CT molecular complexity index is 569. The number of fused-ring (bicyclic) bond motifs is 1. The highest BCUT2D eigenvalue weighted by Crippen LogP contribution is 2.20. The molecule has 88 valence electrons. The fourth-order valence-corrected chi connectivity index (χ4v) is 1.17. The van der Waals surface area contributed by atoms with Crippen molar-refractivity contribution >= 4 is 16.9 Å². The predicted octanol–water partition coefficient (Wildman–Crippen LogP) is 2.10. The Hall–Kier alpha value is -2.18. The molecule has 0 fully saturated rings. The summed E-state index contributed by atoms with van der Waals surface area (Å²) < 4.78 is 39.8. The van der Waals surface area contributed by atoms with Crippen LogP contribution in [0.5, 0.6) is 5.88 Å². The van der Waals surface area contributed by atoms with Gasteiger partial charge in [0.05, 0.1) is 5.52 Å². The maximum absolute atomic E-state index is 11.9. The van der Waals surface area contributed by atoms with Crippen molar-refractivity contribution in [2.24, 2.45) is 0 Å². The van der Waals surface area contributed by atoms with E-state index in [4.69, 9.17) is 0 Å². The summed E-state index contributed by atoms with van der Waals surface area (Å²) in [5.41, 5.74) is 0.499. The number of rotatable bonds is 1. The number of alkyl halides is 3. The Balaban J connectivity index is 2.29. The molecule has 0 amide bonds. The molecule has 0 spiro atoms. The van der Waals surface area contributed by atoms with Crippen LogP contribution in [0.15, 0.2) is 30.3 Å². The van der Waals surface area contributed by atoms with Gasteiger partial charge in [0.25, 0.3) is 0 Å². The Morgan fingerprint density at radius 1 is 1.18 bits per heavy atom. The van der Waals surface area contributed by atoms with Crippen molar-refractivity contribution in [3.8, 4) is 5.88 Å². The molecule has 0 atom stereocenters. The van der Waals surface area contributed by atoms with Gasteiger partial charge in [-0.25, -0.2) is 4.79 Å². The number of aromatic nitrogens is 2. The monoisotopic (exact) mass is 242 g/mol. The van der Waals surface area contributed by atoms with Crippen LogP contribution in [0.4, 0.5) is 13.2 Å². The van der Waals surface area contributed by atoms with Crippen LogP contribution in [-0.2, 0) is 4.79 Å². The molecule has 0 aliphatic heterocycles. The van der Waals surface area contributed by atoms with Crippen molar-refractivity contribution in [1.29, 1.82) is 0 Å². The molecule has 2 rings (SSSR count). The van der Waals surface area contributed by atoms with E-state index < -0.39 is 18.0 Å². The van der Waals surface area contributed by atoms with E-state index in [1.807, 2.05) is 0 Å². The Morgan fingerprint density at radius 2 is 1.88 bits per heavy atom. The fraction of sp³-hybridized carbons (Fsp3) is 0.100. The van der Waals surface area contributed by atoms with Crippen LogP contribution in [-0.4, -0.2) is 22.3 Å². The lowest BCUT2D eigenvalue weighted by Gasteiger charge is -2.05. The van der Waals surface area contributed by atoms with Crippen LogP contribution in [0.25, 0.3) is 10.9 Å². The van der Waals surface area contributed by atoms with E-state index in [0.717, 1.165) is 0 Å². The lowest BCUT2D eigenvalue weighted by Crippen LogP contribution is -2.28. The minimum absolute atomic E-state index is 0.481. The third-order valence-electron chi connectivity index (χ3n) is 1.90. The fourth-order valence-electron chi connectivity index (χ4n) is 1.17. The average molecular weight is 242 g/mol. The van der Waals surface area contributed by atoms with Crippen molar-refractivity contribution < 1.29 is 22.7 Å². The number of nitrogens with zero attached hydrogens (tertiary/aromatic N) is 2. The zero-order chi connectivity index (χ0) is 12.5. The van der Waals surface area contributed by atoms with E-state index in [1.54, 1.807) is 24.3 Å². The molecular weight excluding hydrogens is 237 g/mol. The maximum Gasteiger partial charge on any atom is 0.491 e. The van der Waals surface area contributed by atoms with Crippen LogP contribution in [0.3, 0.4) is 0 Å². The molecule has 0 saturated heterocycles. The number of benzene rings is 1. The summed E-state index contributed by atoms with van der Waals surface area (Å²) in [6.07, 6.45) is -5.05. The summed E-state index contributed by atoms with van der Waals surface area (Å²) in [4.78, 5) is 10.6. The van der Waals surface area contributed by atoms with E-state index in [2.05, 4.69) is 14.9 Å². The molecule has 2 aromatic rings. The first kappa shape index (κ1) is 11.3. The number of ether oxygens (including phenoxy) is 1. The van der Waals surface area contributed by atoms with Crippen molar-refractivity contribution in [1.82, 2.24) is 10.2 Å². The lowest BCUT2D eigenvalue weighted by molar-refractivity contribution is -0.190. The average Bonchev–Trinajstić information content (AvgIpc) is 2.27. The molecular formula is C10H5F3N2O2. The number of hydrogen-bond donors (Lipinski definition) is 0. The first-order valence-corrected chi connectivity index (χ1v) is 4.48. The van der Waals surface area contributed by atoms with Crippen molar-refractivity contribution in [3.63, 3.8) is 0 Å². The quantitative estimate of drug-likeness (QED) is 0.718. The van der Waals surface area contributed by atoms with Crippen LogP contribution < -0.4 is 4.74 Å². The third kappa shape index (κ3) is 2.49. The smallest absolute Gasteiger partial charge is 0.399 e. The van der Waals surface area contributed by atoms with Gasteiger partial charge in [0.1, 0.15) is 0 Å². The highest BCUT2D eigenvalue weighted by Gasteiger charge is 2.41. The molecule has 0 N–H and O–H groups in total. The molecule has 0 bridgehead atoms. The third-order valence-corrected chi connectivity index (χ3v) is 1.90. The maximum atomic E-state index is 11.9. The summed E-state index contributed by atoms with van der Waals surface area (Å²) in [7, 11) is 0. The molecule has 1 aromatic heterocycles. The molecule has 7 heteroatoms. The SMILES string of the molecule is O=C(Oc1cc2ccccc2nn1)C(F)(F)F. The summed E-state index contributed by atoms with van der Waals surface area (Å²) in [6.45, 7) is 0. The topological polar surface area (TPSA) is 52.1 Å². The van der Waals surface area contributed by atoms with Gasteiger partial charge in [0, 0.05) is 11.5 Å². The Kier molecular flexibility index (Phi) is 2.66. The second kappa shape index (κ2) is 4.00. The van der Waals surface area contributed by atoms with E-state index in [0.29, 0.717) is 10.9 Å². The van der Waals surface area contributed by atoms with E-state index in [1.165, 1.54) is 6.07 Å². The first-order chi connectivity index (χ1) is 7.97. The van der Waals surface area contributed by atoms with Crippen molar-refractivity contribution in [2.45, 2.75) is 6.18 Å². The van der Waals surface area contributed by atoms with Gasteiger partial charge in [-0.15, -0.1) is 10.2 Å². The zero-order valence-electron chi connectivity index (χ0n) is 8.23. The Labute approximate surface area is 93.0 Å². The van der Waals surface area contributed by atoms with E-state index in [-0.39, 0.29) is 0 Å². The number of halogens is 3. The van der Waals surface area contributed by atoms with Crippen LogP contribution >= 0.6 is 0 Å². The number of esters is 1. The molecule has 0 radical (unpaired) electrons. The minimum Gasteiger partial charge on any atom is -0.399 e. The van der Waals surface area contributed by atoms with Crippen LogP contribution in [0, 0.1) is 0 Å². The van der Waals surface area contributed by atoms with Gasteiger partial charge in [0.2, 0.25) is 5.88 Å². The largest absolute Gasteiger partial charge is 0.491 e. The molecule has 1 heterocycles. The second-order valence-electron chi connectivity index (χ2n) is 3.13. The van der Waals surface area contributed by atoms with Gasteiger partial charge >= 0.3 is 12.1 Å². The lowest BCUT2D eigenvalue weighted by atomic mass is 10.2. The summed E-state index contributed by atoms with van der Waals surface area (Å²) in [6, 6.07) is 7.86. The normalized spacial score (nSPS) is 11.5. The molecule has 17 heavy (non-hydrogen) atoms. The highest BCUT2D eigenvalue weighted by molar-refractivity contribution is 5.81. The molecule has 0 saturated carbocycles. The molecule has 4 nitrogen and oxygen atoms in total. The Morgan fingerprint density at radius 3 is 2.59 bits per heavy atom. The van der Waals surface area contributed by atoms with Gasteiger partial charge in [-0.05, 0) is 6.07 Å². The number of hydrogen-bond acceptors (Lipinski definition) is 4. The van der Waals surface area contributed by atoms with Crippen LogP contribution in [0.1, 0.15) is 0 Å². The zero-order valence-corrected chi connectivity index (χ0v) is 8.23. The standard InChI is InChI=1S/C10H5F3N2O2/c11-10(12,13)9(16)17-8-5-6-3-1-2-4-7(6)14-15-8/h1-5H. The predicted molar refractivity (Wildman–Crippen MR) is 51.2 cm³/mol. The van der Waals surface area contributed by atoms with Crippen molar-refractivity contribution in [3.05, 3.63) is 30.3 Å².